The number of rotatable bonds is 2. The number of pyridine rings is 1. The van der Waals surface area contributed by atoms with Gasteiger partial charge in [0.1, 0.15) is 18.2 Å². The zero-order valence-corrected chi connectivity index (χ0v) is 16.5. The third-order valence-electron chi connectivity index (χ3n) is 7.12. The van der Waals surface area contributed by atoms with Crippen LogP contribution >= 0.6 is 0 Å². The number of nitriles is 1. The van der Waals surface area contributed by atoms with Crippen LogP contribution in [0.25, 0.3) is 11.1 Å². The highest BCUT2D eigenvalue weighted by Gasteiger charge is 2.61. The van der Waals surface area contributed by atoms with E-state index in [1.165, 1.54) is 11.1 Å². The summed E-state index contributed by atoms with van der Waals surface area (Å²) in [4.78, 5) is 9.14. The molecule has 148 valence electrons. The van der Waals surface area contributed by atoms with Gasteiger partial charge in [0.2, 0.25) is 0 Å². The number of hydrogen-bond acceptors (Lipinski definition) is 6. The second-order valence-electron chi connectivity index (χ2n) is 8.44. The quantitative estimate of drug-likeness (QED) is 0.852. The third kappa shape index (κ3) is 2.65. The second kappa shape index (κ2) is 6.57. The van der Waals surface area contributed by atoms with Crippen molar-refractivity contribution in [3.05, 3.63) is 53.3 Å². The Bertz CT molecular complexity index is 1030. The molecular weight excluding hydrogens is 364 g/mol. The number of aromatic nitrogens is 1. The van der Waals surface area contributed by atoms with Gasteiger partial charge in [-0.1, -0.05) is 12.1 Å². The minimum absolute atomic E-state index is 0.0108. The van der Waals surface area contributed by atoms with Crippen molar-refractivity contribution in [1.29, 1.82) is 5.26 Å². The topological polar surface area (TPSA) is 93.5 Å². The standard InChI is InChI=1S/C23H24N4O2/c1-28-19-4-6-22(7-5-19)10-17-3-2-16(18-8-15(11-24)12-26-13-18)9-20(17)23(22)14-29-21(25)27-23/h2-3,8-9,12-13,19H,4-7,10,14H2,1H3,(H2,25,27). The maximum Gasteiger partial charge on any atom is 0.283 e. The highest BCUT2D eigenvalue weighted by atomic mass is 16.5. The molecule has 3 aliphatic rings. The molecule has 2 N–H and O–H groups in total. The van der Waals surface area contributed by atoms with Crippen LogP contribution in [0.1, 0.15) is 42.4 Å². The van der Waals surface area contributed by atoms with Crippen LogP contribution in [-0.2, 0) is 21.4 Å². The molecule has 1 atom stereocenters. The summed E-state index contributed by atoms with van der Waals surface area (Å²) in [7, 11) is 1.80. The molecule has 6 nitrogen and oxygen atoms in total. The third-order valence-corrected chi connectivity index (χ3v) is 7.12. The van der Waals surface area contributed by atoms with Gasteiger partial charge in [0.05, 0.1) is 11.7 Å². The van der Waals surface area contributed by atoms with Crippen molar-refractivity contribution in [2.75, 3.05) is 13.7 Å². The fourth-order valence-corrected chi connectivity index (χ4v) is 5.56. The molecule has 29 heavy (non-hydrogen) atoms. The number of ether oxygens (including phenoxy) is 2. The predicted molar refractivity (Wildman–Crippen MR) is 109 cm³/mol. The van der Waals surface area contributed by atoms with Gasteiger partial charge in [0.25, 0.3) is 6.02 Å². The Morgan fingerprint density at radius 1 is 1.21 bits per heavy atom. The van der Waals surface area contributed by atoms with Gasteiger partial charge in [-0.15, -0.1) is 0 Å². The normalized spacial score (nSPS) is 30.1. The van der Waals surface area contributed by atoms with E-state index in [1.807, 2.05) is 6.07 Å². The van der Waals surface area contributed by atoms with Crippen molar-refractivity contribution in [1.82, 2.24) is 4.98 Å². The molecule has 6 heteroatoms. The number of methoxy groups -OCH3 is 1. The lowest BCUT2D eigenvalue weighted by atomic mass is 9.62. The van der Waals surface area contributed by atoms with Crippen LogP contribution in [0.5, 0.6) is 0 Å². The molecule has 2 heterocycles. The van der Waals surface area contributed by atoms with Gasteiger partial charge in [-0.2, -0.15) is 5.26 Å². The first-order chi connectivity index (χ1) is 14.1. The zero-order valence-electron chi connectivity index (χ0n) is 16.5. The van der Waals surface area contributed by atoms with E-state index in [-0.39, 0.29) is 11.4 Å². The highest BCUT2D eigenvalue weighted by Crippen LogP contribution is 2.61. The van der Waals surface area contributed by atoms with E-state index in [9.17, 15) is 5.26 Å². The summed E-state index contributed by atoms with van der Waals surface area (Å²) in [6.45, 7) is 0.490. The van der Waals surface area contributed by atoms with Gasteiger partial charge >= 0.3 is 0 Å². The van der Waals surface area contributed by atoms with Gasteiger partial charge in [-0.05, 0) is 60.9 Å². The number of nitrogens with zero attached hydrogens (tertiary/aromatic N) is 3. The van der Waals surface area contributed by atoms with E-state index in [4.69, 9.17) is 20.2 Å². The van der Waals surface area contributed by atoms with Crippen LogP contribution in [0.2, 0.25) is 0 Å². The van der Waals surface area contributed by atoms with Gasteiger partial charge in [0.15, 0.2) is 0 Å². The number of aliphatic imine (C=N–C) groups is 1. The summed E-state index contributed by atoms with van der Waals surface area (Å²) >= 11 is 0. The van der Waals surface area contributed by atoms with Crippen LogP contribution in [0, 0.1) is 16.7 Å². The van der Waals surface area contributed by atoms with E-state index in [2.05, 4.69) is 29.3 Å². The first kappa shape index (κ1) is 18.1. The molecule has 0 bridgehead atoms. The monoisotopic (exact) mass is 388 g/mol. The Hall–Kier alpha value is -2.91. The second-order valence-corrected chi connectivity index (χ2v) is 8.44. The van der Waals surface area contributed by atoms with Gasteiger partial charge in [-0.3, -0.25) is 4.98 Å². The maximum atomic E-state index is 9.22. The molecule has 0 saturated heterocycles. The smallest absolute Gasteiger partial charge is 0.283 e. The average Bonchev–Trinajstić information content (AvgIpc) is 3.28. The fourth-order valence-electron chi connectivity index (χ4n) is 5.56. The largest absolute Gasteiger partial charge is 0.462 e. The molecule has 2 aliphatic carbocycles. The van der Waals surface area contributed by atoms with Crippen molar-refractivity contribution in [2.24, 2.45) is 16.1 Å². The number of hydrogen-bond donors (Lipinski definition) is 1. The van der Waals surface area contributed by atoms with Crippen molar-refractivity contribution in [3.63, 3.8) is 0 Å². The number of fused-ring (bicyclic) bond motifs is 3. The Morgan fingerprint density at radius 2 is 2.03 bits per heavy atom. The Morgan fingerprint density at radius 3 is 2.72 bits per heavy atom. The molecule has 0 radical (unpaired) electrons. The predicted octanol–water partition coefficient (Wildman–Crippen LogP) is 3.29. The summed E-state index contributed by atoms with van der Waals surface area (Å²) in [5.41, 5.74) is 10.6. The van der Waals surface area contributed by atoms with E-state index < -0.39 is 5.54 Å². The van der Waals surface area contributed by atoms with Crippen LogP contribution in [-0.4, -0.2) is 30.8 Å². The van der Waals surface area contributed by atoms with Crippen molar-refractivity contribution in [3.8, 4) is 17.2 Å². The molecule has 2 spiro atoms. The number of benzene rings is 1. The van der Waals surface area contributed by atoms with E-state index in [1.54, 1.807) is 19.5 Å². The SMILES string of the molecule is COC1CCC2(CC1)Cc1ccc(-c3cncc(C#N)c3)cc1C21COC(N)=N1. The van der Waals surface area contributed by atoms with Crippen LogP contribution in [0.3, 0.4) is 0 Å². The van der Waals surface area contributed by atoms with E-state index >= 15 is 0 Å². The average molecular weight is 388 g/mol. The first-order valence-electron chi connectivity index (χ1n) is 10.1. The summed E-state index contributed by atoms with van der Waals surface area (Å²) in [5.74, 6) is 0. The lowest BCUT2D eigenvalue weighted by molar-refractivity contribution is -0.00983. The molecule has 1 saturated carbocycles. The lowest BCUT2D eigenvalue weighted by Crippen LogP contribution is -2.46. The highest BCUT2D eigenvalue weighted by molar-refractivity contribution is 5.76. The first-order valence-corrected chi connectivity index (χ1v) is 10.1. The van der Waals surface area contributed by atoms with Gasteiger partial charge in [-0.25, -0.2) is 4.99 Å². The fraction of sp³-hybridized carbons (Fsp3) is 0.435. The Kier molecular flexibility index (Phi) is 4.11. The van der Waals surface area contributed by atoms with Gasteiger partial charge < -0.3 is 15.2 Å². The zero-order chi connectivity index (χ0) is 20.1. The molecule has 0 amide bonds. The number of amidine groups is 1. The summed E-state index contributed by atoms with van der Waals surface area (Å²) in [6.07, 6.45) is 8.83. The van der Waals surface area contributed by atoms with Crippen LogP contribution in [0.15, 0.2) is 41.7 Å². The van der Waals surface area contributed by atoms with Gasteiger partial charge in [0, 0.05) is 30.5 Å². The van der Waals surface area contributed by atoms with Crippen molar-refractivity contribution >= 4 is 6.02 Å². The molecule has 2 aromatic rings. The van der Waals surface area contributed by atoms with E-state index in [0.717, 1.165) is 43.2 Å². The maximum absolute atomic E-state index is 9.22. The van der Waals surface area contributed by atoms with Crippen LogP contribution in [0.4, 0.5) is 0 Å². The van der Waals surface area contributed by atoms with Crippen molar-refractivity contribution < 1.29 is 9.47 Å². The molecule has 5 rings (SSSR count). The Balaban J connectivity index is 1.61. The molecule has 1 aromatic heterocycles. The Labute approximate surface area is 170 Å². The lowest BCUT2D eigenvalue weighted by Gasteiger charge is -2.45. The summed E-state index contributed by atoms with van der Waals surface area (Å²) in [6, 6.07) is 10.8. The molecule has 1 unspecified atom stereocenters. The van der Waals surface area contributed by atoms with E-state index in [0.29, 0.717) is 18.3 Å². The van der Waals surface area contributed by atoms with Crippen LogP contribution < -0.4 is 5.73 Å². The minimum Gasteiger partial charge on any atom is -0.462 e. The van der Waals surface area contributed by atoms with Crippen molar-refractivity contribution in [2.45, 2.75) is 43.7 Å². The molecule has 1 aromatic carbocycles. The summed E-state index contributed by atoms with van der Waals surface area (Å²) in [5, 5.41) is 9.22. The molecular formula is C23H24N4O2. The number of nitrogens with two attached hydrogens (primary N) is 1. The summed E-state index contributed by atoms with van der Waals surface area (Å²) < 4.78 is 11.4. The minimum atomic E-state index is -0.443. The molecule has 1 aliphatic heterocycles. The molecule has 1 fully saturated rings.